The Morgan fingerprint density at radius 2 is 1.75 bits per heavy atom. The number of rotatable bonds is 5. The first-order valence-corrected chi connectivity index (χ1v) is 8.23. The van der Waals surface area contributed by atoms with Crippen LogP contribution in [0, 0.1) is 11.8 Å². The molecule has 6 nitrogen and oxygen atoms in total. The number of nitrogens with zero attached hydrogens (tertiary/aromatic N) is 1. The Balaban J connectivity index is 2.05. The lowest BCUT2D eigenvalue weighted by Gasteiger charge is -2.32. The van der Waals surface area contributed by atoms with Gasteiger partial charge in [-0.3, -0.25) is 14.4 Å². The summed E-state index contributed by atoms with van der Waals surface area (Å²) in [5.74, 6) is -1.98. The van der Waals surface area contributed by atoms with Crippen LogP contribution in [0.25, 0.3) is 0 Å². The second-order valence-corrected chi connectivity index (χ2v) is 6.30. The van der Waals surface area contributed by atoms with Gasteiger partial charge in [-0.05, 0) is 25.3 Å². The van der Waals surface area contributed by atoms with E-state index in [2.05, 4.69) is 5.32 Å². The van der Waals surface area contributed by atoms with E-state index in [-0.39, 0.29) is 17.7 Å². The quantitative estimate of drug-likeness (QED) is 0.861. The molecule has 1 fully saturated rings. The molecule has 0 radical (unpaired) electrons. The third-order valence-corrected chi connectivity index (χ3v) is 4.66. The van der Waals surface area contributed by atoms with Crippen molar-refractivity contribution in [1.82, 2.24) is 10.2 Å². The molecule has 0 spiro atoms. The Morgan fingerprint density at radius 1 is 1.17 bits per heavy atom. The molecular formula is C18H24N2O4. The maximum Gasteiger partial charge on any atom is 0.308 e. The summed E-state index contributed by atoms with van der Waals surface area (Å²) in [7, 11) is 0. The van der Waals surface area contributed by atoms with Gasteiger partial charge in [0.25, 0.3) is 0 Å². The topological polar surface area (TPSA) is 86.7 Å². The molecule has 2 atom stereocenters. The highest BCUT2D eigenvalue weighted by Gasteiger charge is 2.31. The monoisotopic (exact) mass is 332 g/mol. The Bertz CT molecular complexity index is 594. The second kappa shape index (κ2) is 7.95. The number of likely N-dealkylation sites (tertiary alicyclic amines) is 1. The van der Waals surface area contributed by atoms with E-state index in [1.54, 1.807) is 11.8 Å². The molecule has 0 aromatic heterocycles. The fourth-order valence-corrected chi connectivity index (χ4v) is 3.03. The summed E-state index contributed by atoms with van der Waals surface area (Å²) >= 11 is 0. The molecule has 1 aromatic rings. The zero-order valence-corrected chi connectivity index (χ0v) is 14.1. The number of aliphatic carboxylic acids is 1. The molecule has 1 aliphatic heterocycles. The molecule has 130 valence electrons. The molecule has 24 heavy (non-hydrogen) atoms. The van der Waals surface area contributed by atoms with Gasteiger partial charge in [-0.15, -0.1) is 0 Å². The van der Waals surface area contributed by atoms with E-state index in [0.29, 0.717) is 25.9 Å². The fourth-order valence-electron chi connectivity index (χ4n) is 3.03. The van der Waals surface area contributed by atoms with Crippen molar-refractivity contribution < 1.29 is 19.5 Å². The normalized spacial score (nSPS) is 17.8. The molecule has 1 aliphatic rings. The summed E-state index contributed by atoms with van der Waals surface area (Å²) in [4.78, 5) is 37.1. The van der Waals surface area contributed by atoms with Crippen molar-refractivity contribution in [2.24, 2.45) is 11.8 Å². The minimum absolute atomic E-state index is 0.0236. The lowest BCUT2D eigenvalue weighted by molar-refractivity contribution is -0.143. The van der Waals surface area contributed by atoms with Gasteiger partial charge in [0.05, 0.1) is 12.0 Å². The van der Waals surface area contributed by atoms with Crippen LogP contribution in [0.3, 0.4) is 0 Å². The molecule has 2 N–H and O–H groups in total. The smallest absolute Gasteiger partial charge is 0.308 e. The minimum Gasteiger partial charge on any atom is -0.481 e. The van der Waals surface area contributed by atoms with Gasteiger partial charge in [0.1, 0.15) is 0 Å². The van der Waals surface area contributed by atoms with Crippen LogP contribution in [0.5, 0.6) is 0 Å². The van der Waals surface area contributed by atoms with Crippen LogP contribution >= 0.6 is 0 Å². The van der Waals surface area contributed by atoms with Gasteiger partial charge >= 0.3 is 5.97 Å². The number of carboxylic acid groups (broad SMARTS) is 1. The lowest BCUT2D eigenvalue weighted by Crippen LogP contribution is -2.44. The SMILES string of the molecule is CC(=O)N1CCC(C(=O)NC(c2ccccc2)C(C)C(=O)O)CC1. The summed E-state index contributed by atoms with van der Waals surface area (Å²) < 4.78 is 0. The van der Waals surface area contributed by atoms with Crippen LogP contribution in [0.4, 0.5) is 0 Å². The van der Waals surface area contributed by atoms with E-state index in [1.807, 2.05) is 30.3 Å². The van der Waals surface area contributed by atoms with Crippen molar-refractivity contribution in [2.75, 3.05) is 13.1 Å². The predicted molar refractivity (Wildman–Crippen MR) is 89.1 cm³/mol. The zero-order chi connectivity index (χ0) is 17.7. The Morgan fingerprint density at radius 3 is 2.25 bits per heavy atom. The van der Waals surface area contributed by atoms with Gasteiger partial charge in [-0.2, -0.15) is 0 Å². The van der Waals surface area contributed by atoms with Gasteiger partial charge in [0.2, 0.25) is 11.8 Å². The van der Waals surface area contributed by atoms with Crippen LogP contribution in [0.2, 0.25) is 0 Å². The van der Waals surface area contributed by atoms with Gasteiger partial charge in [0.15, 0.2) is 0 Å². The van der Waals surface area contributed by atoms with Crippen molar-refractivity contribution in [3.63, 3.8) is 0 Å². The molecule has 6 heteroatoms. The number of carbonyl (C=O) groups excluding carboxylic acids is 2. The first-order valence-electron chi connectivity index (χ1n) is 8.23. The third-order valence-electron chi connectivity index (χ3n) is 4.66. The maximum atomic E-state index is 12.6. The zero-order valence-electron chi connectivity index (χ0n) is 14.1. The van der Waals surface area contributed by atoms with Gasteiger partial charge in [0, 0.05) is 25.9 Å². The van der Waals surface area contributed by atoms with Crippen molar-refractivity contribution >= 4 is 17.8 Å². The summed E-state index contributed by atoms with van der Waals surface area (Å²) in [6.07, 6.45) is 1.21. The summed E-state index contributed by atoms with van der Waals surface area (Å²) in [6.45, 7) is 4.26. The highest BCUT2D eigenvalue weighted by Crippen LogP contribution is 2.25. The highest BCUT2D eigenvalue weighted by molar-refractivity contribution is 5.81. The number of carbonyl (C=O) groups is 3. The summed E-state index contributed by atoms with van der Waals surface area (Å²) in [6, 6.07) is 8.58. The number of piperidine rings is 1. The first kappa shape index (κ1) is 18.0. The molecule has 0 aliphatic carbocycles. The van der Waals surface area contributed by atoms with E-state index in [4.69, 9.17) is 0 Å². The number of nitrogens with one attached hydrogen (secondary N) is 1. The highest BCUT2D eigenvalue weighted by atomic mass is 16.4. The lowest BCUT2D eigenvalue weighted by atomic mass is 9.91. The molecule has 2 amide bonds. The van der Waals surface area contributed by atoms with Gasteiger partial charge in [-0.1, -0.05) is 30.3 Å². The minimum atomic E-state index is -0.949. The Kier molecular flexibility index (Phi) is 5.95. The van der Waals surface area contributed by atoms with Crippen molar-refractivity contribution in [3.8, 4) is 0 Å². The molecule has 2 unspecified atom stereocenters. The average Bonchev–Trinajstić information content (AvgIpc) is 2.59. The van der Waals surface area contributed by atoms with Crippen LogP contribution in [0.1, 0.15) is 38.3 Å². The van der Waals surface area contributed by atoms with E-state index in [1.165, 1.54) is 6.92 Å². The number of hydrogen-bond donors (Lipinski definition) is 2. The Hall–Kier alpha value is -2.37. The maximum absolute atomic E-state index is 12.6. The molecule has 0 saturated carbocycles. The molecule has 1 aromatic carbocycles. The van der Waals surface area contributed by atoms with Gasteiger partial charge < -0.3 is 15.3 Å². The first-order chi connectivity index (χ1) is 11.4. The fraction of sp³-hybridized carbons (Fsp3) is 0.500. The van der Waals surface area contributed by atoms with Gasteiger partial charge in [-0.25, -0.2) is 0 Å². The molecular weight excluding hydrogens is 308 g/mol. The summed E-state index contributed by atoms with van der Waals surface area (Å²) in [5.41, 5.74) is 0.780. The average molecular weight is 332 g/mol. The van der Waals surface area contributed by atoms with E-state index >= 15 is 0 Å². The van der Waals surface area contributed by atoms with Crippen molar-refractivity contribution in [3.05, 3.63) is 35.9 Å². The third kappa shape index (κ3) is 4.34. The van der Waals surface area contributed by atoms with Crippen LogP contribution in [-0.4, -0.2) is 40.9 Å². The molecule has 2 rings (SSSR count). The Labute approximate surface area is 141 Å². The standard InChI is InChI=1S/C18H24N2O4/c1-12(18(23)24)16(14-6-4-3-5-7-14)19-17(22)15-8-10-20(11-9-15)13(2)21/h3-7,12,15-16H,8-11H2,1-2H3,(H,19,22)(H,23,24). The molecule has 1 heterocycles. The predicted octanol–water partition coefficient (Wildman–Crippen LogP) is 1.82. The number of amides is 2. The van der Waals surface area contributed by atoms with Crippen LogP contribution in [-0.2, 0) is 14.4 Å². The molecule has 0 bridgehead atoms. The van der Waals surface area contributed by atoms with Crippen molar-refractivity contribution in [2.45, 2.75) is 32.7 Å². The summed E-state index contributed by atoms with van der Waals surface area (Å²) in [5, 5.41) is 12.2. The second-order valence-electron chi connectivity index (χ2n) is 6.30. The van der Waals surface area contributed by atoms with Crippen LogP contribution in [0.15, 0.2) is 30.3 Å². The number of carboxylic acids is 1. The van der Waals surface area contributed by atoms with Crippen LogP contribution < -0.4 is 5.32 Å². The largest absolute Gasteiger partial charge is 0.481 e. The van der Waals surface area contributed by atoms with E-state index in [0.717, 1.165) is 5.56 Å². The number of benzene rings is 1. The van der Waals surface area contributed by atoms with E-state index < -0.39 is 17.9 Å². The molecule has 1 saturated heterocycles. The number of hydrogen-bond acceptors (Lipinski definition) is 3. The van der Waals surface area contributed by atoms with E-state index in [9.17, 15) is 19.5 Å². The van der Waals surface area contributed by atoms with Crippen molar-refractivity contribution in [1.29, 1.82) is 0 Å².